The summed E-state index contributed by atoms with van der Waals surface area (Å²) in [6, 6.07) is 16.2. The van der Waals surface area contributed by atoms with E-state index in [0.29, 0.717) is 0 Å². The van der Waals surface area contributed by atoms with Crippen LogP contribution in [0.3, 0.4) is 0 Å². The second-order valence-electron chi connectivity index (χ2n) is 3.80. The van der Waals surface area contributed by atoms with E-state index >= 15 is 0 Å². The summed E-state index contributed by atoms with van der Waals surface area (Å²) in [5.41, 5.74) is 2.33. The first kappa shape index (κ1) is 11.5. The van der Waals surface area contributed by atoms with Crippen molar-refractivity contribution in [3.05, 3.63) is 59.7 Å². The van der Waals surface area contributed by atoms with E-state index in [0.717, 1.165) is 23.5 Å². The number of benzene rings is 2. The maximum Gasteiger partial charge on any atom is 0.126 e. The molecule has 2 rings (SSSR count). The van der Waals surface area contributed by atoms with E-state index in [1.54, 1.807) is 14.2 Å². The van der Waals surface area contributed by atoms with Gasteiger partial charge < -0.3 is 9.47 Å². The molecule has 0 aliphatic heterocycles. The first-order chi connectivity index (χ1) is 8.35. The fraction of sp³-hybridized carbons (Fsp3) is 0.200. The second-order valence-corrected chi connectivity index (χ2v) is 3.80. The smallest absolute Gasteiger partial charge is 0.126 e. The molecule has 0 aromatic heterocycles. The Bertz CT molecular complexity index is 455. The zero-order valence-electron chi connectivity index (χ0n) is 10.1. The molecule has 0 radical (unpaired) electrons. The van der Waals surface area contributed by atoms with E-state index in [1.165, 1.54) is 5.56 Å². The van der Waals surface area contributed by atoms with Crippen LogP contribution in [0.1, 0.15) is 11.1 Å². The summed E-state index contributed by atoms with van der Waals surface area (Å²) in [4.78, 5) is 0. The molecule has 2 aromatic carbocycles. The Morgan fingerprint density at radius 3 is 1.88 bits per heavy atom. The lowest BCUT2D eigenvalue weighted by Gasteiger charge is -2.12. The topological polar surface area (TPSA) is 18.5 Å². The fourth-order valence-electron chi connectivity index (χ4n) is 1.90. The van der Waals surface area contributed by atoms with Gasteiger partial charge in [-0.15, -0.1) is 0 Å². The first-order valence-corrected chi connectivity index (χ1v) is 5.59. The first-order valence-electron chi connectivity index (χ1n) is 5.59. The van der Waals surface area contributed by atoms with Crippen LogP contribution in [0.15, 0.2) is 48.5 Å². The molecule has 0 saturated carbocycles. The third-order valence-electron chi connectivity index (χ3n) is 2.75. The van der Waals surface area contributed by atoms with E-state index < -0.39 is 0 Å². The van der Waals surface area contributed by atoms with Crippen LogP contribution in [0.5, 0.6) is 11.5 Å². The van der Waals surface area contributed by atoms with Crippen molar-refractivity contribution in [1.82, 2.24) is 0 Å². The van der Waals surface area contributed by atoms with Crippen molar-refractivity contribution in [3.63, 3.8) is 0 Å². The Labute approximate surface area is 102 Å². The van der Waals surface area contributed by atoms with Crippen molar-refractivity contribution in [3.8, 4) is 11.5 Å². The molecule has 0 bridgehead atoms. The maximum atomic E-state index is 5.38. The van der Waals surface area contributed by atoms with Gasteiger partial charge >= 0.3 is 0 Å². The predicted molar refractivity (Wildman–Crippen MR) is 68.8 cm³/mol. The quantitative estimate of drug-likeness (QED) is 0.799. The zero-order valence-corrected chi connectivity index (χ0v) is 10.1. The Balaban J connectivity index is 2.37. The highest BCUT2D eigenvalue weighted by Gasteiger charge is 2.09. The van der Waals surface area contributed by atoms with Gasteiger partial charge in [0.25, 0.3) is 0 Å². The SMILES string of the molecule is COc1cccc(OC)c1Cc1ccccc1. The largest absolute Gasteiger partial charge is 0.496 e. The summed E-state index contributed by atoms with van der Waals surface area (Å²) >= 11 is 0. The number of ether oxygens (including phenoxy) is 2. The van der Waals surface area contributed by atoms with Crippen LogP contribution >= 0.6 is 0 Å². The summed E-state index contributed by atoms with van der Waals surface area (Å²) in [5.74, 6) is 1.74. The van der Waals surface area contributed by atoms with E-state index in [-0.39, 0.29) is 0 Å². The molecule has 2 aromatic rings. The molecule has 88 valence electrons. The van der Waals surface area contributed by atoms with Crippen LogP contribution in [0.25, 0.3) is 0 Å². The summed E-state index contributed by atoms with van der Waals surface area (Å²) in [5, 5.41) is 0. The monoisotopic (exact) mass is 228 g/mol. The minimum absolute atomic E-state index is 0.814. The minimum atomic E-state index is 0.814. The summed E-state index contributed by atoms with van der Waals surface area (Å²) in [6.45, 7) is 0. The van der Waals surface area contributed by atoms with E-state index in [4.69, 9.17) is 9.47 Å². The third kappa shape index (κ3) is 2.59. The lowest BCUT2D eigenvalue weighted by atomic mass is 10.0. The molecule has 0 aliphatic rings. The fourth-order valence-corrected chi connectivity index (χ4v) is 1.90. The second kappa shape index (κ2) is 5.39. The average molecular weight is 228 g/mol. The Morgan fingerprint density at radius 1 is 0.765 bits per heavy atom. The van der Waals surface area contributed by atoms with Crippen LogP contribution in [-0.4, -0.2) is 14.2 Å². The maximum absolute atomic E-state index is 5.38. The average Bonchev–Trinajstić information content (AvgIpc) is 2.40. The van der Waals surface area contributed by atoms with Gasteiger partial charge in [-0.25, -0.2) is 0 Å². The molecule has 17 heavy (non-hydrogen) atoms. The van der Waals surface area contributed by atoms with Gasteiger partial charge in [-0.1, -0.05) is 36.4 Å². The Morgan fingerprint density at radius 2 is 1.35 bits per heavy atom. The molecule has 0 saturated heterocycles. The summed E-state index contributed by atoms with van der Waals surface area (Å²) in [6.07, 6.45) is 0.814. The van der Waals surface area contributed by atoms with Crippen LogP contribution in [-0.2, 0) is 6.42 Å². The molecule has 0 fully saturated rings. The van der Waals surface area contributed by atoms with Crippen molar-refractivity contribution >= 4 is 0 Å². The van der Waals surface area contributed by atoms with E-state index in [1.807, 2.05) is 36.4 Å². The third-order valence-corrected chi connectivity index (χ3v) is 2.75. The molecule has 2 heteroatoms. The highest BCUT2D eigenvalue weighted by atomic mass is 16.5. The van der Waals surface area contributed by atoms with Gasteiger partial charge in [0, 0.05) is 12.0 Å². The van der Waals surface area contributed by atoms with Crippen LogP contribution in [0, 0.1) is 0 Å². The lowest BCUT2D eigenvalue weighted by molar-refractivity contribution is 0.387. The molecular weight excluding hydrogens is 212 g/mol. The molecule has 0 amide bonds. The predicted octanol–water partition coefficient (Wildman–Crippen LogP) is 3.29. The van der Waals surface area contributed by atoms with Gasteiger partial charge in [0.05, 0.1) is 14.2 Å². The number of rotatable bonds is 4. The standard InChI is InChI=1S/C15H16O2/c1-16-14-9-6-10-15(17-2)13(14)11-12-7-4-3-5-8-12/h3-10H,11H2,1-2H3. The molecule has 2 nitrogen and oxygen atoms in total. The van der Waals surface area contributed by atoms with Gasteiger partial charge in [-0.05, 0) is 17.7 Å². The zero-order chi connectivity index (χ0) is 12.1. The number of hydrogen-bond acceptors (Lipinski definition) is 2. The van der Waals surface area contributed by atoms with Crippen LogP contribution in [0.4, 0.5) is 0 Å². The molecule has 0 atom stereocenters. The molecular formula is C15H16O2. The van der Waals surface area contributed by atoms with Gasteiger partial charge in [0.1, 0.15) is 11.5 Å². The van der Waals surface area contributed by atoms with Crippen molar-refractivity contribution in [2.45, 2.75) is 6.42 Å². The number of methoxy groups -OCH3 is 2. The van der Waals surface area contributed by atoms with Crippen LogP contribution < -0.4 is 9.47 Å². The Hall–Kier alpha value is -1.96. The van der Waals surface area contributed by atoms with Gasteiger partial charge in [-0.3, -0.25) is 0 Å². The molecule has 0 unspecified atom stereocenters. The van der Waals surface area contributed by atoms with E-state index in [2.05, 4.69) is 12.1 Å². The van der Waals surface area contributed by atoms with Crippen LogP contribution in [0.2, 0.25) is 0 Å². The van der Waals surface area contributed by atoms with Crippen molar-refractivity contribution in [2.75, 3.05) is 14.2 Å². The highest BCUT2D eigenvalue weighted by molar-refractivity contribution is 5.47. The molecule has 0 heterocycles. The molecule has 0 spiro atoms. The van der Waals surface area contributed by atoms with E-state index in [9.17, 15) is 0 Å². The summed E-state index contributed by atoms with van der Waals surface area (Å²) < 4.78 is 10.8. The molecule has 0 aliphatic carbocycles. The number of hydrogen-bond donors (Lipinski definition) is 0. The van der Waals surface area contributed by atoms with Crippen molar-refractivity contribution in [1.29, 1.82) is 0 Å². The van der Waals surface area contributed by atoms with Gasteiger partial charge in [-0.2, -0.15) is 0 Å². The lowest BCUT2D eigenvalue weighted by Crippen LogP contribution is -1.97. The minimum Gasteiger partial charge on any atom is -0.496 e. The normalized spacial score (nSPS) is 10.0. The van der Waals surface area contributed by atoms with Crippen molar-refractivity contribution < 1.29 is 9.47 Å². The highest BCUT2D eigenvalue weighted by Crippen LogP contribution is 2.30. The Kier molecular flexibility index (Phi) is 3.66. The molecule has 0 N–H and O–H groups in total. The summed E-state index contributed by atoms with van der Waals surface area (Å²) in [7, 11) is 3.37. The van der Waals surface area contributed by atoms with Crippen molar-refractivity contribution in [2.24, 2.45) is 0 Å². The van der Waals surface area contributed by atoms with Gasteiger partial charge in [0.15, 0.2) is 0 Å². The van der Waals surface area contributed by atoms with Gasteiger partial charge in [0.2, 0.25) is 0 Å².